The van der Waals surface area contributed by atoms with Crippen LogP contribution in [0.2, 0.25) is 0 Å². The number of likely N-dealkylation sites (N-methyl/N-ethyl adjacent to an activating group) is 1. The van der Waals surface area contributed by atoms with Crippen LogP contribution < -0.4 is 9.04 Å². The van der Waals surface area contributed by atoms with Gasteiger partial charge in [-0.05, 0) is 63.3 Å². The molecule has 0 N–H and O–H groups in total. The van der Waals surface area contributed by atoms with Gasteiger partial charge < -0.3 is 9.64 Å². The Kier molecular flexibility index (Phi) is 6.08. The van der Waals surface area contributed by atoms with Gasteiger partial charge in [0, 0.05) is 13.1 Å². The highest BCUT2D eigenvalue weighted by molar-refractivity contribution is 7.92. The standard InChI is InChI=1S/C19H26N2O3S/c1-15-16(2)19(12-11-18(15)24-5)25(22,23)21(14-13-20(3)4)17-9-7-6-8-10-17/h6-12H,13-14H2,1-5H3. The van der Waals surface area contributed by atoms with Gasteiger partial charge in [0.25, 0.3) is 10.0 Å². The molecular weight excluding hydrogens is 336 g/mol. The molecule has 2 rings (SSSR count). The first-order valence-electron chi connectivity index (χ1n) is 8.15. The number of ether oxygens (including phenoxy) is 1. The molecule has 0 heterocycles. The maximum atomic E-state index is 13.4. The molecule has 0 fully saturated rings. The summed E-state index contributed by atoms with van der Waals surface area (Å²) in [6.45, 7) is 4.70. The summed E-state index contributed by atoms with van der Waals surface area (Å²) in [5, 5.41) is 0. The van der Waals surface area contributed by atoms with Crippen LogP contribution in [0.15, 0.2) is 47.4 Å². The van der Waals surface area contributed by atoms with Crippen LogP contribution in [0, 0.1) is 13.8 Å². The molecule has 0 unspecified atom stereocenters. The Morgan fingerprint density at radius 3 is 2.12 bits per heavy atom. The summed E-state index contributed by atoms with van der Waals surface area (Å²) in [7, 11) is 1.77. The lowest BCUT2D eigenvalue weighted by atomic mass is 10.1. The number of rotatable bonds is 7. The third-order valence-corrected chi connectivity index (χ3v) is 6.24. The average molecular weight is 362 g/mol. The molecule has 0 aliphatic heterocycles. The monoisotopic (exact) mass is 362 g/mol. The van der Waals surface area contributed by atoms with Gasteiger partial charge in [-0.1, -0.05) is 18.2 Å². The summed E-state index contributed by atoms with van der Waals surface area (Å²) in [6.07, 6.45) is 0. The zero-order valence-corrected chi connectivity index (χ0v) is 16.3. The highest BCUT2D eigenvalue weighted by Crippen LogP contribution is 2.30. The van der Waals surface area contributed by atoms with Crippen molar-refractivity contribution < 1.29 is 13.2 Å². The van der Waals surface area contributed by atoms with E-state index >= 15 is 0 Å². The van der Waals surface area contributed by atoms with Crippen LogP contribution in [-0.4, -0.2) is 47.6 Å². The quantitative estimate of drug-likeness (QED) is 0.760. The average Bonchev–Trinajstić information content (AvgIpc) is 2.57. The lowest BCUT2D eigenvalue weighted by Gasteiger charge is -2.27. The number of nitrogens with zero attached hydrogens (tertiary/aromatic N) is 2. The fourth-order valence-electron chi connectivity index (χ4n) is 2.66. The Labute approximate surface area is 150 Å². The van der Waals surface area contributed by atoms with Crippen LogP contribution in [0.25, 0.3) is 0 Å². The first-order valence-corrected chi connectivity index (χ1v) is 9.59. The third kappa shape index (κ3) is 4.14. The number of sulfonamides is 1. The smallest absolute Gasteiger partial charge is 0.264 e. The number of hydrogen-bond donors (Lipinski definition) is 0. The van der Waals surface area contributed by atoms with Gasteiger partial charge in [0.2, 0.25) is 0 Å². The molecule has 25 heavy (non-hydrogen) atoms. The number of methoxy groups -OCH3 is 1. The Bertz CT molecular complexity index is 818. The van der Waals surface area contributed by atoms with E-state index in [1.54, 1.807) is 19.2 Å². The summed E-state index contributed by atoms with van der Waals surface area (Å²) < 4.78 is 33.5. The van der Waals surface area contributed by atoms with Gasteiger partial charge >= 0.3 is 0 Å². The lowest BCUT2D eigenvalue weighted by molar-refractivity contribution is 0.410. The van der Waals surface area contributed by atoms with E-state index in [1.807, 2.05) is 63.2 Å². The van der Waals surface area contributed by atoms with Crippen molar-refractivity contribution in [1.29, 1.82) is 0 Å². The van der Waals surface area contributed by atoms with Crippen molar-refractivity contribution >= 4 is 15.7 Å². The van der Waals surface area contributed by atoms with Crippen molar-refractivity contribution in [2.24, 2.45) is 0 Å². The van der Waals surface area contributed by atoms with Crippen molar-refractivity contribution in [2.45, 2.75) is 18.7 Å². The number of para-hydroxylation sites is 1. The Balaban J connectivity index is 2.54. The van der Waals surface area contributed by atoms with Crippen LogP contribution in [-0.2, 0) is 10.0 Å². The molecule has 0 atom stereocenters. The Hall–Kier alpha value is -2.05. The SMILES string of the molecule is COc1ccc(S(=O)(=O)N(CCN(C)C)c2ccccc2)c(C)c1C. The molecule has 6 heteroatoms. The molecule has 0 aromatic heterocycles. The summed E-state index contributed by atoms with van der Waals surface area (Å²) >= 11 is 0. The molecule has 0 radical (unpaired) electrons. The second-order valence-electron chi connectivity index (χ2n) is 6.23. The largest absolute Gasteiger partial charge is 0.496 e. The minimum atomic E-state index is -3.68. The van der Waals surface area contributed by atoms with Gasteiger partial charge in [-0.25, -0.2) is 8.42 Å². The molecule has 0 saturated carbocycles. The molecule has 0 spiro atoms. The van der Waals surface area contributed by atoms with Gasteiger partial charge in [-0.15, -0.1) is 0 Å². The minimum Gasteiger partial charge on any atom is -0.496 e. The third-order valence-electron chi connectivity index (χ3n) is 4.27. The summed E-state index contributed by atoms with van der Waals surface area (Å²) in [4.78, 5) is 2.28. The molecule has 0 saturated heterocycles. The first-order chi connectivity index (χ1) is 11.8. The maximum absolute atomic E-state index is 13.4. The van der Waals surface area contributed by atoms with Gasteiger partial charge in [0.15, 0.2) is 0 Å². The van der Waals surface area contributed by atoms with Crippen LogP contribution in [0.3, 0.4) is 0 Å². The summed E-state index contributed by atoms with van der Waals surface area (Å²) in [5.41, 5.74) is 2.21. The van der Waals surface area contributed by atoms with Crippen molar-refractivity contribution in [1.82, 2.24) is 4.90 Å². The molecule has 0 amide bonds. The predicted molar refractivity (Wildman–Crippen MR) is 102 cm³/mol. The topological polar surface area (TPSA) is 49.9 Å². The van der Waals surface area contributed by atoms with Crippen molar-refractivity contribution in [3.63, 3.8) is 0 Å². The van der Waals surface area contributed by atoms with E-state index in [1.165, 1.54) is 4.31 Å². The zero-order chi connectivity index (χ0) is 18.6. The van der Waals surface area contributed by atoms with E-state index in [-0.39, 0.29) is 0 Å². The van der Waals surface area contributed by atoms with E-state index in [2.05, 4.69) is 0 Å². The molecule has 5 nitrogen and oxygen atoms in total. The second kappa shape index (κ2) is 7.89. The van der Waals surface area contributed by atoms with Gasteiger partial charge in [-0.3, -0.25) is 4.31 Å². The second-order valence-corrected chi connectivity index (χ2v) is 8.06. The molecular formula is C19H26N2O3S. The number of anilines is 1. The van der Waals surface area contributed by atoms with E-state index in [0.717, 1.165) is 5.56 Å². The highest BCUT2D eigenvalue weighted by Gasteiger charge is 2.27. The van der Waals surface area contributed by atoms with E-state index < -0.39 is 10.0 Å². The van der Waals surface area contributed by atoms with E-state index in [0.29, 0.717) is 35.0 Å². The highest BCUT2D eigenvalue weighted by atomic mass is 32.2. The van der Waals surface area contributed by atoms with Crippen LogP contribution in [0.1, 0.15) is 11.1 Å². The zero-order valence-electron chi connectivity index (χ0n) is 15.5. The Morgan fingerprint density at radius 1 is 0.920 bits per heavy atom. The normalized spacial score (nSPS) is 11.6. The van der Waals surface area contributed by atoms with E-state index in [4.69, 9.17) is 4.74 Å². The van der Waals surface area contributed by atoms with Gasteiger partial charge in [-0.2, -0.15) is 0 Å². The maximum Gasteiger partial charge on any atom is 0.264 e. The first kappa shape index (κ1) is 19.3. The van der Waals surface area contributed by atoms with Crippen LogP contribution in [0.4, 0.5) is 5.69 Å². The summed E-state index contributed by atoms with van der Waals surface area (Å²) in [6, 6.07) is 12.5. The molecule has 0 aliphatic rings. The van der Waals surface area contributed by atoms with Gasteiger partial charge in [0.1, 0.15) is 5.75 Å². The molecule has 2 aromatic rings. The van der Waals surface area contributed by atoms with Crippen molar-refractivity contribution in [3.05, 3.63) is 53.6 Å². The number of hydrogen-bond acceptors (Lipinski definition) is 4. The summed E-state index contributed by atoms with van der Waals surface area (Å²) in [5.74, 6) is 0.691. The van der Waals surface area contributed by atoms with E-state index in [9.17, 15) is 8.42 Å². The van der Waals surface area contributed by atoms with Crippen molar-refractivity contribution in [2.75, 3.05) is 38.6 Å². The predicted octanol–water partition coefficient (Wildman–Crippen LogP) is 3.07. The molecule has 2 aromatic carbocycles. The molecule has 0 aliphatic carbocycles. The van der Waals surface area contributed by atoms with Crippen LogP contribution >= 0.6 is 0 Å². The fraction of sp³-hybridized carbons (Fsp3) is 0.368. The molecule has 0 bridgehead atoms. The lowest BCUT2D eigenvalue weighted by Crippen LogP contribution is -2.37. The number of benzene rings is 2. The fourth-order valence-corrected chi connectivity index (χ4v) is 4.40. The molecule has 136 valence electrons. The van der Waals surface area contributed by atoms with Crippen molar-refractivity contribution in [3.8, 4) is 5.75 Å². The van der Waals surface area contributed by atoms with Gasteiger partial charge in [0.05, 0.1) is 17.7 Å². The Morgan fingerprint density at radius 2 is 1.56 bits per heavy atom. The minimum absolute atomic E-state index is 0.313. The van der Waals surface area contributed by atoms with Crippen LogP contribution in [0.5, 0.6) is 5.75 Å².